The molecule has 0 amide bonds. The summed E-state index contributed by atoms with van der Waals surface area (Å²) in [4.78, 5) is 2.18. The number of halogens is 1. The van der Waals surface area contributed by atoms with Gasteiger partial charge in [-0.2, -0.15) is 0 Å². The van der Waals surface area contributed by atoms with Crippen LogP contribution in [0.5, 0.6) is 5.75 Å². The van der Waals surface area contributed by atoms with Crippen molar-refractivity contribution in [2.24, 2.45) is 11.7 Å². The van der Waals surface area contributed by atoms with Crippen LogP contribution in [0.25, 0.3) is 0 Å². The summed E-state index contributed by atoms with van der Waals surface area (Å²) in [6, 6.07) is 6.34. The molecule has 2 N–H and O–H groups in total. The molecule has 1 aromatic rings. The van der Waals surface area contributed by atoms with Gasteiger partial charge in [0.25, 0.3) is 0 Å². The van der Waals surface area contributed by atoms with Gasteiger partial charge in [-0.1, -0.05) is 22.9 Å². The Bertz CT molecular complexity index is 368. The van der Waals surface area contributed by atoms with Gasteiger partial charge in [-0.15, -0.1) is 0 Å². The van der Waals surface area contributed by atoms with E-state index in [0.29, 0.717) is 12.5 Å². The molecule has 0 fully saturated rings. The van der Waals surface area contributed by atoms with Crippen LogP contribution in [0.1, 0.15) is 18.5 Å². The second-order valence-corrected chi connectivity index (χ2v) is 5.42. The summed E-state index contributed by atoms with van der Waals surface area (Å²) in [5, 5.41) is 0. The Kier molecular flexibility index (Phi) is 5.43. The third-order valence-corrected chi connectivity index (χ3v) is 3.47. The van der Waals surface area contributed by atoms with E-state index >= 15 is 0 Å². The van der Waals surface area contributed by atoms with Gasteiger partial charge >= 0.3 is 0 Å². The third-order valence-electron chi connectivity index (χ3n) is 2.98. The van der Waals surface area contributed by atoms with Gasteiger partial charge < -0.3 is 15.4 Å². The molecule has 1 rings (SSSR count). The first-order valence-electron chi connectivity index (χ1n) is 5.71. The summed E-state index contributed by atoms with van der Waals surface area (Å²) in [7, 11) is 5.83. The molecule has 2 atom stereocenters. The first kappa shape index (κ1) is 14.5. The van der Waals surface area contributed by atoms with Crippen LogP contribution in [0, 0.1) is 5.92 Å². The van der Waals surface area contributed by atoms with Crippen LogP contribution in [0.15, 0.2) is 22.7 Å². The Morgan fingerprint density at radius 2 is 2.06 bits per heavy atom. The Morgan fingerprint density at radius 3 is 2.53 bits per heavy atom. The van der Waals surface area contributed by atoms with Gasteiger partial charge in [0.05, 0.1) is 7.11 Å². The van der Waals surface area contributed by atoms with Crippen LogP contribution >= 0.6 is 15.9 Å². The Morgan fingerprint density at radius 1 is 1.41 bits per heavy atom. The van der Waals surface area contributed by atoms with Gasteiger partial charge in [-0.05, 0) is 44.8 Å². The minimum atomic E-state index is 0.257. The van der Waals surface area contributed by atoms with Gasteiger partial charge in [0.2, 0.25) is 0 Å². The quantitative estimate of drug-likeness (QED) is 0.908. The third kappa shape index (κ3) is 3.44. The Balaban J connectivity index is 3.21. The highest BCUT2D eigenvalue weighted by Crippen LogP contribution is 2.35. The molecule has 4 heteroatoms. The van der Waals surface area contributed by atoms with Crippen molar-refractivity contribution in [3.63, 3.8) is 0 Å². The molecule has 0 radical (unpaired) electrons. The summed E-state index contributed by atoms with van der Waals surface area (Å²) in [5.41, 5.74) is 6.97. The molecule has 0 aliphatic carbocycles. The maximum atomic E-state index is 5.80. The van der Waals surface area contributed by atoms with E-state index in [2.05, 4.69) is 47.9 Å². The van der Waals surface area contributed by atoms with E-state index in [1.165, 1.54) is 5.56 Å². The van der Waals surface area contributed by atoms with E-state index in [4.69, 9.17) is 10.5 Å². The number of rotatable bonds is 5. The average Bonchev–Trinajstić information content (AvgIpc) is 2.29. The standard InChI is InChI=1S/C13H21BrN2O/c1-9(8-15)13(16(2)3)11-7-10(14)5-6-12(11)17-4/h5-7,9,13H,8,15H2,1-4H3. The molecule has 96 valence electrons. The van der Waals surface area contributed by atoms with Crippen molar-refractivity contribution in [1.29, 1.82) is 0 Å². The van der Waals surface area contributed by atoms with Gasteiger partial charge in [0.15, 0.2) is 0 Å². The number of ether oxygens (including phenoxy) is 1. The van der Waals surface area contributed by atoms with Crippen LogP contribution in [0.2, 0.25) is 0 Å². The summed E-state index contributed by atoms with van der Waals surface area (Å²) in [6.07, 6.45) is 0. The zero-order valence-electron chi connectivity index (χ0n) is 10.9. The van der Waals surface area contributed by atoms with Crippen molar-refractivity contribution in [3.05, 3.63) is 28.2 Å². The minimum absolute atomic E-state index is 0.257. The number of hydrogen-bond acceptors (Lipinski definition) is 3. The first-order valence-corrected chi connectivity index (χ1v) is 6.50. The molecule has 1 aromatic carbocycles. The maximum absolute atomic E-state index is 5.80. The highest BCUT2D eigenvalue weighted by molar-refractivity contribution is 9.10. The smallest absolute Gasteiger partial charge is 0.123 e. The average molecular weight is 301 g/mol. The predicted molar refractivity (Wildman–Crippen MR) is 75.3 cm³/mol. The van der Waals surface area contributed by atoms with Crippen molar-refractivity contribution in [2.45, 2.75) is 13.0 Å². The number of benzene rings is 1. The largest absolute Gasteiger partial charge is 0.496 e. The van der Waals surface area contributed by atoms with E-state index in [-0.39, 0.29) is 6.04 Å². The highest BCUT2D eigenvalue weighted by atomic mass is 79.9. The fourth-order valence-corrected chi connectivity index (χ4v) is 2.54. The molecule has 3 nitrogen and oxygen atoms in total. The predicted octanol–water partition coefficient (Wildman–Crippen LogP) is 2.66. The Labute approximate surface area is 112 Å². The normalized spacial score (nSPS) is 14.8. The van der Waals surface area contributed by atoms with E-state index in [0.717, 1.165) is 10.2 Å². The SMILES string of the molecule is COc1ccc(Br)cc1C(C(C)CN)N(C)C. The number of hydrogen-bond donors (Lipinski definition) is 1. The molecule has 0 bridgehead atoms. The molecular weight excluding hydrogens is 280 g/mol. The van der Waals surface area contributed by atoms with Crippen molar-refractivity contribution < 1.29 is 4.74 Å². The molecule has 0 spiro atoms. The van der Waals surface area contributed by atoms with E-state index in [1.807, 2.05) is 12.1 Å². The fourth-order valence-electron chi connectivity index (χ4n) is 2.16. The van der Waals surface area contributed by atoms with Crippen LogP contribution in [0.4, 0.5) is 0 Å². The lowest BCUT2D eigenvalue weighted by atomic mass is 9.93. The molecule has 0 heterocycles. The lowest BCUT2D eigenvalue weighted by molar-refractivity contribution is 0.221. The summed E-state index contributed by atoms with van der Waals surface area (Å²) in [6.45, 7) is 2.81. The van der Waals surface area contributed by atoms with E-state index in [9.17, 15) is 0 Å². The van der Waals surface area contributed by atoms with Crippen LogP contribution < -0.4 is 10.5 Å². The lowest BCUT2D eigenvalue weighted by Gasteiger charge is -2.31. The molecule has 17 heavy (non-hydrogen) atoms. The van der Waals surface area contributed by atoms with Crippen molar-refractivity contribution >= 4 is 15.9 Å². The maximum Gasteiger partial charge on any atom is 0.123 e. The first-order chi connectivity index (χ1) is 8.01. The number of methoxy groups -OCH3 is 1. The summed E-state index contributed by atoms with van der Waals surface area (Å²) < 4.78 is 6.50. The summed E-state index contributed by atoms with van der Waals surface area (Å²) >= 11 is 3.51. The second kappa shape index (κ2) is 6.38. The zero-order valence-corrected chi connectivity index (χ0v) is 12.5. The minimum Gasteiger partial charge on any atom is -0.496 e. The molecule has 0 aliphatic heterocycles. The van der Waals surface area contributed by atoms with Crippen molar-refractivity contribution in [2.75, 3.05) is 27.7 Å². The van der Waals surface area contributed by atoms with Gasteiger partial charge in [0.1, 0.15) is 5.75 Å². The molecule has 0 aromatic heterocycles. The fraction of sp³-hybridized carbons (Fsp3) is 0.538. The molecule has 0 saturated carbocycles. The highest BCUT2D eigenvalue weighted by Gasteiger charge is 2.23. The van der Waals surface area contributed by atoms with Crippen molar-refractivity contribution in [1.82, 2.24) is 4.90 Å². The molecule has 2 unspecified atom stereocenters. The molecule has 0 saturated heterocycles. The van der Waals surface area contributed by atoms with E-state index < -0.39 is 0 Å². The summed E-state index contributed by atoms with van der Waals surface area (Å²) in [5.74, 6) is 1.28. The van der Waals surface area contributed by atoms with E-state index in [1.54, 1.807) is 7.11 Å². The second-order valence-electron chi connectivity index (χ2n) is 4.51. The van der Waals surface area contributed by atoms with Gasteiger partial charge in [0, 0.05) is 16.1 Å². The zero-order chi connectivity index (χ0) is 13.0. The van der Waals surface area contributed by atoms with Crippen molar-refractivity contribution in [3.8, 4) is 5.75 Å². The van der Waals surface area contributed by atoms with Crippen LogP contribution in [-0.4, -0.2) is 32.6 Å². The molecular formula is C13H21BrN2O. The van der Waals surface area contributed by atoms with Crippen LogP contribution in [-0.2, 0) is 0 Å². The van der Waals surface area contributed by atoms with Gasteiger partial charge in [-0.3, -0.25) is 0 Å². The number of nitrogens with two attached hydrogens (primary N) is 1. The molecule has 0 aliphatic rings. The van der Waals surface area contributed by atoms with Gasteiger partial charge in [-0.25, -0.2) is 0 Å². The topological polar surface area (TPSA) is 38.5 Å². The lowest BCUT2D eigenvalue weighted by Crippen LogP contribution is -2.30. The number of nitrogens with zero attached hydrogens (tertiary/aromatic N) is 1. The monoisotopic (exact) mass is 300 g/mol. The Hall–Kier alpha value is -0.580. The van der Waals surface area contributed by atoms with Crippen LogP contribution in [0.3, 0.4) is 0 Å².